The van der Waals surface area contributed by atoms with Gasteiger partial charge in [0.25, 0.3) is 0 Å². The van der Waals surface area contributed by atoms with Gasteiger partial charge in [-0.15, -0.1) is 0 Å². The van der Waals surface area contributed by atoms with Crippen LogP contribution >= 0.6 is 0 Å². The second-order valence-electron chi connectivity index (χ2n) is 9.73. The topological polar surface area (TPSA) is 85.4 Å². The molecular weight excluding hydrogens is 475 g/mol. The Morgan fingerprint density at radius 1 is 1.22 bits per heavy atom. The molecule has 2 aromatic heterocycles. The lowest BCUT2D eigenvalue weighted by atomic mass is 9.83. The number of imidazole rings is 1. The molecule has 1 aromatic carbocycles. The van der Waals surface area contributed by atoms with Gasteiger partial charge < -0.3 is 14.4 Å². The smallest absolute Gasteiger partial charge is 0.480 e. The number of benzene rings is 1. The van der Waals surface area contributed by atoms with E-state index >= 15 is 0 Å². The maximum Gasteiger partial charge on any atom is 0.490 e. The first kappa shape index (κ1) is 24.4. The summed E-state index contributed by atoms with van der Waals surface area (Å²) in [5.74, 6) is -0.960. The van der Waals surface area contributed by atoms with E-state index in [1.807, 2.05) is 17.9 Å². The van der Waals surface area contributed by atoms with Crippen molar-refractivity contribution >= 4 is 5.97 Å². The Bertz CT molecular complexity index is 1240. The van der Waals surface area contributed by atoms with Gasteiger partial charge in [0.1, 0.15) is 5.75 Å². The van der Waals surface area contributed by atoms with Crippen molar-refractivity contribution in [2.24, 2.45) is 13.0 Å². The lowest BCUT2D eigenvalue weighted by Gasteiger charge is -2.44. The van der Waals surface area contributed by atoms with Crippen LogP contribution in [0.4, 0.5) is 13.2 Å². The fourth-order valence-electron chi connectivity index (χ4n) is 5.01. The molecule has 0 amide bonds. The highest BCUT2D eigenvalue weighted by atomic mass is 19.4. The zero-order valence-corrected chi connectivity index (χ0v) is 19.9. The third-order valence-electron chi connectivity index (χ3n) is 6.94. The number of rotatable bonds is 4. The lowest BCUT2D eigenvalue weighted by molar-refractivity contribution is -0.192. The molecule has 192 valence electrons. The Morgan fingerprint density at radius 3 is 2.53 bits per heavy atom. The van der Waals surface area contributed by atoms with Crippen molar-refractivity contribution < 1.29 is 27.8 Å². The zero-order chi connectivity index (χ0) is 25.5. The first-order valence-corrected chi connectivity index (χ1v) is 12.0. The average molecular weight is 504 g/mol. The number of carboxylic acids is 1. The van der Waals surface area contributed by atoms with Gasteiger partial charge in [0, 0.05) is 63.4 Å². The molecule has 1 aliphatic carbocycles. The van der Waals surface area contributed by atoms with Crippen LogP contribution in [0.2, 0.25) is 0 Å². The van der Waals surface area contributed by atoms with Gasteiger partial charge in [-0.2, -0.15) is 18.3 Å². The number of fused-ring (bicyclic) bond motifs is 4. The minimum atomic E-state index is -5.08. The summed E-state index contributed by atoms with van der Waals surface area (Å²) in [7, 11) is 1.98. The quantitative estimate of drug-likeness (QED) is 0.574. The van der Waals surface area contributed by atoms with Crippen molar-refractivity contribution in [1.82, 2.24) is 24.2 Å². The van der Waals surface area contributed by atoms with E-state index in [0.717, 1.165) is 61.9 Å². The summed E-state index contributed by atoms with van der Waals surface area (Å²) < 4.78 is 42.8. The standard InChI is InChI=1S/C23H27N5O.C2HF3O2/c1-26-13-18(12-25-26)14-27-10-8-23(9-11-27)22-21(19-4-2-3-5-20(19)29-23)24-16-28(22)15-17-6-7-17;3-2(4,5)1(6)7/h2-5,12-13,16-17H,6-11,14-15H2,1H3;(H,6,7). The number of para-hydroxylation sites is 1. The van der Waals surface area contributed by atoms with Gasteiger partial charge in [-0.25, -0.2) is 9.78 Å². The van der Waals surface area contributed by atoms with Crippen LogP contribution in [0.3, 0.4) is 0 Å². The van der Waals surface area contributed by atoms with Crippen LogP contribution in [0.5, 0.6) is 5.75 Å². The molecule has 1 spiro atoms. The molecule has 8 nitrogen and oxygen atoms in total. The fraction of sp³-hybridized carbons (Fsp3) is 0.480. The van der Waals surface area contributed by atoms with Gasteiger partial charge in [-0.05, 0) is 30.9 Å². The fourth-order valence-corrected chi connectivity index (χ4v) is 5.01. The van der Waals surface area contributed by atoms with Crippen molar-refractivity contribution in [1.29, 1.82) is 0 Å². The van der Waals surface area contributed by atoms with E-state index in [9.17, 15) is 13.2 Å². The molecule has 2 fully saturated rings. The number of aromatic nitrogens is 4. The number of aliphatic carboxylic acids is 1. The molecule has 36 heavy (non-hydrogen) atoms. The number of carboxylic acid groups (broad SMARTS) is 1. The van der Waals surface area contributed by atoms with E-state index in [1.165, 1.54) is 24.1 Å². The Balaban J connectivity index is 0.000000338. The minimum Gasteiger partial charge on any atom is -0.480 e. The molecule has 0 bridgehead atoms. The van der Waals surface area contributed by atoms with Gasteiger partial charge in [-0.1, -0.05) is 12.1 Å². The first-order valence-electron chi connectivity index (χ1n) is 12.0. The normalized spacial score (nSPS) is 18.6. The molecule has 2 aliphatic heterocycles. The maximum absolute atomic E-state index is 10.6. The Hall–Kier alpha value is -3.34. The van der Waals surface area contributed by atoms with Gasteiger partial charge in [0.2, 0.25) is 0 Å². The Morgan fingerprint density at radius 2 is 1.92 bits per heavy atom. The number of hydrogen-bond donors (Lipinski definition) is 1. The van der Waals surface area contributed by atoms with Crippen LogP contribution in [0.1, 0.15) is 36.9 Å². The summed E-state index contributed by atoms with van der Waals surface area (Å²) in [6, 6.07) is 8.39. The zero-order valence-electron chi connectivity index (χ0n) is 19.9. The largest absolute Gasteiger partial charge is 0.490 e. The van der Waals surface area contributed by atoms with E-state index in [0.29, 0.717) is 0 Å². The van der Waals surface area contributed by atoms with E-state index in [1.54, 1.807) is 0 Å². The van der Waals surface area contributed by atoms with Crippen LogP contribution in [-0.4, -0.2) is 54.6 Å². The number of hydrogen-bond acceptors (Lipinski definition) is 5. The van der Waals surface area contributed by atoms with Crippen LogP contribution in [0.25, 0.3) is 11.3 Å². The summed E-state index contributed by atoms with van der Waals surface area (Å²) in [6.45, 7) is 4.07. The number of piperidine rings is 1. The summed E-state index contributed by atoms with van der Waals surface area (Å²) in [6.07, 6.45) is 5.72. The molecule has 0 atom stereocenters. The average Bonchev–Trinajstić information content (AvgIpc) is 3.40. The van der Waals surface area contributed by atoms with Gasteiger partial charge in [0.15, 0.2) is 5.60 Å². The lowest BCUT2D eigenvalue weighted by Crippen LogP contribution is -2.48. The van der Waals surface area contributed by atoms with E-state index in [4.69, 9.17) is 19.6 Å². The van der Waals surface area contributed by atoms with Crippen molar-refractivity contribution in [3.63, 3.8) is 0 Å². The van der Waals surface area contributed by atoms with E-state index in [2.05, 4.69) is 51.4 Å². The summed E-state index contributed by atoms with van der Waals surface area (Å²) in [5.41, 5.74) is 4.59. The molecule has 3 aliphatic rings. The highest BCUT2D eigenvalue weighted by Crippen LogP contribution is 2.49. The number of carbonyl (C=O) groups is 1. The number of halogens is 3. The van der Waals surface area contributed by atoms with E-state index < -0.39 is 12.1 Å². The van der Waals surface area contributed by atoms with Gasteiger partial charge in [-0.3, -0.25) is 9.58 Å². The molecule has 0 radical (unpaired) electrons. The minimum absolute atomic E-state index is 0.263. The van der Waals surface area contributed by atoms with Crippen molar-refractivity contribution in [2.75, 3.05) is 13.1 Å². The molecule has 6 rings (SSSR count). The van der Waals surface area contributed by atoms with Crippen molar-refractivity contribution in [3.8, 4) is 17.0 Å². The molecule has 0 unspecified atom stereocenters. The van der Waals surface area contributed by atoms with Crippen LogP contribution in [0, 0.1) is 5.92 Å². The number of aryl methyl sites for hydroxylation is 1. The summed E-state index contributed by atoms with van der Waals surface area (Å²) >= 11 is 0. The number of alkyl halides is 3. The highest BCUT2D eigenvalue weighted by molar-refractivity contribution is 5.73. The summed E-state index contributed by atoms with van der Waals surface area (Å²) in [4.78, 5) is 16.3. The van der Waals surface area contributed by atoms with Gasteiger partial charge in [0.05, 0.1) is 23.9 Å². The molecule has 1 N–H and O–H groups in total. The summed E-state index contributed by atoms with van der Waals surface area (Å²) in [5, 5.41) is 11.4. The SMILES string of the molecule is Cn1cc(CN2CCC3(CC2)Oc2ccccc2-c2ncn(CC4CC4)c23)cn1.O=C(O)C(F)(F)F. The molecule has 1 saturated heterocycles. The van der Waals surface area contributed by atoms with Crippen molar-refractivity contribution in [2.45, 2.75) is 50.6 Å². The van der Waals surface area contributed by atoms with Gasteiger partial charge >= 0.3 is 12.1 Å². The number of nitrogens with zero attached hydrogens (tertiary/aromatic N) is 5. The predicted molar refractivity (Wildman–Crippen MR) is 124 cm³/mol. The van der Waals surface area contributed by atoms with Crippen LogP contribution in [-0.2, 0) is 30.5 Å². The Labute approximate surface area is 206 Å². The number of likely N-dealkylation sites (tertiary alicyclic amines) is 1. The van der Waals surface area contributed by atoms with Crippen molar-refractivity contribution in [3.05, 3.63) is 54.2 Å². The molecule has 4 heterocycles. The second-order valence-corrected chi connectivity index (χ2v) is 9.73. The number of ether oxygens (including phenoxy) is 1. The molecular formula is C25H28F3N5O3. The molecule has 3 aromatic rings. The third kappa shape index (κ3) is 4.97. The predicted octanol–water partition coefficient (Wildman–Crippen LogP) is 4.21. The Kier molecular flexibility index (Phi) is 6.27. The first-order chi connectivity index (χ1) is 17.1. The molecule has 1 saturated carbocycles. The highest BCUT2D eigenvalue weighted by Gasteiger charge is 2.47. The maximum atomic E-state index is 10.6. The monoisotopic (exact) mass is 503 g/mol. The second kappa shape index (κ2) is 9.27. The molecule has 11 heteroatoms. The van der Waals surface area contributed by atoms with Crippen LogP contribution < -0.4 is 4.74 Å². The van der Waals surface area contributed by atoms with E-state index in [-0.39, 0.29) is 5.60 Å². The van der Waals surface area contributed by atoms with Crippen LogP contribution in [0.15, 0.2) is 43.0 Å². The third-order valence-corrected chi connectivity index (χ3v) is 6.94.